The van der Waals surface area contributed by atoms with Crippen LogP contribution in [0.25, 0.3) is 122 Å². The van der Waals surface area contributed by atoms with E-state index in [1.54, 1.807) is 18.2 Å². The molecule has 0 N–H and O–H groups in total. The van der Waals surface area contributed by atoms with Gasteiger partial charge in [-0.25, -0.2) is 24.8 Å². The Kier molecular flexibility index (Phi) is 11.6. The van der Waals surface area contributed by atoms with Crippen molar-refractivity contribution in [3.05, 3.63) is 253 Å². The summed E-state index contributed by atoms with van der Waals surface area (Å²) < 4.78 is 50.1. The second-order valence-corrected chi connectivity index (χ2v) is 17.9. The number of hydrogen-bond donors (Lipinski definition) is 0. The van der Waals surface area contributed by atoms with Crippen molar-refractivity contribution in [1.82, 2.24) is 24.5 Å². The van der Waals surface area contributed by atoms with Gasteiger partial charge in [0.05, 0.1) is 63.3 Å². The summed E-state index contributed by atoms with van der Waals surface area (Å²) in [5, 5.41) is 11.9. The molecular weight excluding hydrogens is 936 g/mol. The molecular formula is C65H38F3N7. The minimum absolute atomic E-state index is 0.0358. The SMILES string of the molecule is [C-]#[N+]c1ccccc1-c1ccc2c3ccc(-c4ccccc4C#N)cc3n(-c3c(-c4cc(-c5ccccc5)nc(-c5ccccc5)n4)cc(C(F)(F)F)cc3-c3nc(-c4ccccc4)cc(-c4ccccc4)n3)c2c1. The number of aromatic nitrogens is 5. The third-order valence-corrected chi connectivity index (χ3v) is 13.3. The first-order valence-electron chi connectivity index (χ1n) is 24.0. The molecule has 0 radical (unpaired) electrons. The van der Waals surface area contributed by atoms with E-state index in [9.17, 15) is 5.26 Å². The van der Waals surface area contributed by atoms with Crippen molar-refractivity contribution in [2.45, 2.75) is 6.18 Å². The summed E-state index contributed by atoms with van der Waals surface area (Å²) >= 11 is 0. The van der Waals surface area contributed by atoms with Crippen LogP contribution in [0.3, 0.4) is 0 Å². The number of alkyl halides is 3. The highest BCUT2D eigenvalue weighted by Gasteiger charge is 2.35. The van der Waals surface area contributed by atoms with Crippen LogP contribution >= 0.6 is 0 Å². The van der Waals surface area contributed by atoms with E-state index in [-0.39, 0.29) is 22.6 Å². The fourth-order valence-electron chi connectivity index (χ4n) is 9.79. The van der Waals surface area contributed by atoms with Crippen molar-refractivity contribution in [1.29, 1.82) is 5.26 Å². The molecule has 0 saturated carbocycles. The van der Waals surface area contributed by atoms with Crippen molar-refractivity contribution < 1.29 is 13.2 Å². The van der Waals surface area contributed by atoms with Crippen LogP contribution in [-0.2, 0) is 6.18 Å². The van der Waals surface area contributed by atoms with Crippen LogP contribution in [0.15, 0.2) is 231 Å². The zero-order chi connectivity index (χ0) is 51.0. The lowest BCUT2D eigenvalue weighted by Gasteiger charge is -2.22. The Labute approximate surface area is 429 Å². The maximum atomic E-state index is 16.0. The number of nitrogens with zero attached hydrogens (tertiary/aromatic N) is 7. The van der Waals surface area contributed by atoms with Crippen molar-refractivity contribution in [3.8, 4) is 102 Å². The van der Waals surface area contributed by atoms with Gasteiger partial charge in [-0.05, 0) is 64.7 Å². The number of rotatable bonds is 9. The molecule has 0 atom stereocenters. The van der Waals surface area contributed by atoms with Gasteiger partial charge in [-0.2, -0.15) is 18.4 Å². The lowest BCUT2D eigenvalue weighted by Crippen LogP contribution is -2.11. The summed E-state index contributed by atoms with van der Waals surface area (Å²) in [6.07, 6.45) is -4.86. The van der Waals surface area contributed by atoms with E-state index in [4.69, 9.17) is 26.5 Å². The fraction of sp³-hybridized carbons (Fsp3) is 0.0154. The summed E-state index contributed by atoms with van der Waals surface area (Å²) in [7, 11) is 0. The van der Waals surface area contributed by atoms with Crippen LogP contribution in [-0.4, -0.2) is 24.5 Å². The molecule has 0 aliphatic heterocycles. The molecule has 0 saturated heterocycles. The molecule has 12 rings (SSSR count). The van der Waals surface area contributed by atoms with Crippen LogP contribution in [0.1, 0.15) is 11.1 Å². The molecule has 3 heterocycles. The molecule has 12 aromatic rings. The smallest absolute Gasteiger partial charge is 0.308 e. The number of fused-ring (bicyclic) bond motifs is 3. The second-order valence-electron chi connectivity index (χ2n) is 17.9. The fourth-order valence-corrected chi connectivity index (χ4v) is 9.79. The van der Waals surface area contributed by atoms with E-state index in [0.29, 0.717) is 73.1 Å². The molecule has 0 spiro atoms. The van der Waals surface area contributed by atoms with E-state index in [1.807, 2.05) is 205 Å². The van der Waals surface area contributed by atoms with Gasteiger partial charge in [0.2, 0.25) is 0 Å². The third-order valence-electron chi connectivity index (χ3n) is 13.3. The molecule has 354 valence electrons. The lowest BCUT2D eigenvalue weighted by molar-refractivity contribution is -0.137. The maximum absolute atomic E-state index is 16.0. The first-order valence-corrected chi connectivity index (χ1v) is 24.0. The minimum Gasteiger partial charge on any atom is -0.308 e. The first kappa shape index (κ1) is 45.8. The monoisotopic (exact) mass is 973 g/mol. The van der Waals surface area contributed by atoms with Crippen molar-refractivity contribution in [2.75, 3.05) is 0 Å². The van der Waals surface area contributed by atoms with Crippen LogP contribution in [0, 0.1) is 17.9 Å². The molecule has 0 fully saturated rings. The standard InChI is InChI=1S/C65H38F3N7/c1-70-55-29-17-16-28-50(55)46-31-33-52-51-32-30-45(49-27-15-14-26-47(49)40-69)34-60(51)75(61(52)35-46)62-53(59-39-58(43-22-10-4-11-23-43)71-63(74-59)44-24-12-5-13-25-44)36-48(65(66,67)68)37-54(62)64-72-56(41-18-6-2-7-19-41)38-57(73-64)42-20-8-3-9-21-42/h2-39H. The minimum atomic E-state index is -4.86. The van der Waals surface area contributed by atoms with Gasteiger partial charge < -0.3 is 4.57 Å². The van der Waals surface area contributed by atoms with Gasteiger partial charge in [-0.15, -0.1) is 0 Å². The average molecular weight is 974 g/mol. The summed E-state index contributed by atoms with van der Waals surface area (Å²) in [4.78, 5) is 24.5. The Morgan fingerprint density at radius 1 is 0.413 bits per heavy atom. The Bertz CT molecular complexity index is 3860. The number of benzene rings is 9. The Morgan fingerprint density at radius 2 is 0.853 bits per heavy atom. The highest BCUT2D eigenvalue weighted by molar-refractivity contribution is 6.12. The van der Waals surface area contributed by atoms with E-state index in [1.165, 1.54) is 0 Å². The highest BCUT2D eigenvalue weighted by Crippen LogP contribution is 2.47. The van der Waals surface area contributed by atoms with Gasteiger partial charge in [-0.1, -0.05) is 188 Å². The summed E-state index contributed by atoms with van der Waals surface area (Å²) in [6.45, 7) is 8.11. The van der Waals surface area contributed by atoms with Crippen molar-refractivity contribution >= 4 is 27.5 Å². The average Bonchev–Trinajstić information content (AvgIpc) is 3.80. The second kappa shape index (κ2) is 19.0. The van der Waals surface area contributed by atoms with Crippen LogP contribution < -0.4 is 0 Å². The van der Waals surface area contributed by atoms with Gasteiger partial charge in [0.1, 0.15) is 0 Å². The zero-order valence-electron chi connectivity index (χ0n) is 39.7. The molecule has 7 nitrogen and oxygen atoms in total. The number of para-hydroxylation sites is 1. The molecule has 75 heavy (non-hydrogen) atoms. The summed E-state index contributed by atoms with van der Waals surface area (Å²) in [6, 6.07) is 72.6. The highest BCUT2D eigenvalue weighted by atomic mass is 19.4. The molecule has 0 aliphatic carbocycles. The summed E-state index contributed by atoms with van der Waals surface area (Å²) in [5.74, 6) is 0.342. The molecule has 0 amide bonds. The van der Waals surface area contributed by atoms with Crippen LogP contribution in [0.5, 0.6) is 0 Å². The van der Waals surface area contributed by atoms with Crippen molar-refractivity contribution in [3.63, 3.8) is 0 Å². The third kappa shape index (κ3) is 8.63. The number of nitriles is 1. The number of hydrogen-bond acceptors (Lipinski definition) is 5. The molecule has 0 aliphatic rings. The van der Waals surface area contributed by atoms with Gasteiger partial charge in [0.25, 0.3) is 0 Å². The summed E-state index contributed by atoms with van der Waals surface area (Å²) in [5.41, 5.74) is 9.09. The van der Waals surface area contributed by atoms with E-state index < -0.39 is 11.7 Å². The van der Waals surface area contributed by atoms with Crippen LogP contribution in [0.4, 0.5) is 18.9 Å². The predicted octanol–water partition coefficient (Wildman–Crippen LogP) is 17.1. The quantitative estimate of drug-likeness (QED) is 0.135. The van der Waals surface area contributed by atoms with Gasteiger partial charge in [-0.3, -0.25) is 0 Å². The van der Waals surface area contributed by atoms with Gasteiger partial charge in [0, 0.05) is 44.2 Å². The molecule has 0 bridgehead atoms. The normalized spacial score (nSPS) is 11.4. The largest absolute Gasteiger partial charge is 0.416 e. The van der Waals surface area contributed by atoms with Gasteiger partial charge in [0.15, 0.2) is 17.3 Å². The first-order chi connectivity index (χ1) is 36.7. The van der Waals surface area contributed by atoms with Gasteiger partial charge >= 0.3 is 6.18 Å². The Hall–Kier alpha value is -10.3. The van der Waals surface area contributed by atoms with E-state index >= 15 is 13.2 Å². The van der Waals surface area contributed by atoms with E-state index in [2.05, 4.69) is 10.9 Å². The number of halogens is 3. The maximum Gasteiger partial charge on any atom is 0.416 e. The zero-order valence-corrected chi connectivity index (χ0v) is 39.7. The lowest BCUT2D eigenvalue weighted by atomic mass is 9.96. The molecule has 3 aromatic heterocycles. The molecule has 0 unspecified atom stereocenters. The molecule has 9 aromatic carbocycles. The van der Waals surface area contributed by atoms with Crippen LogP contribution in [0.2, 0.25) is 0 Å². The molecule has 10 heteroatoms. The van der Waals surface area contributed by atoms with Crippen molar-refractivity contribution in [2.24, 2.45) is 0 Å². The Balaban J connectivity index is 1.29. The van der Waals surface area contributed by atoms with E-state index in [0.717, 1.165) is 45.2 Å². The Morgan fingerprint density at radius 3 is 1.39 bits per heavy atom. The predicted molar refractivity (Wildman–Crippen MR) is 291 cm³/mol. The topological polar surface area (TPSA) is 84.6 Å².